The number of amides is 2. The number of carbonyl (C=O) groups is 2. The molecule has 6 nitrogen and oxygen atoms in total. The monoisotopic (exact) mass is 394 g/mol. The first-order valence-electron chi connectivity index (χ1n) is 8.94. The highest BCUT2D eigenvalue weighted by Crippen LogP contribution is 2.59. The summed E-state index contributed by atoms with van der Waals surface area (Å²) >= 11 is 0. The van der Waals surface area contributed by atoms with Crippen molar-refractivity contribution in [3.05, 3.63) is 0 Å². The summed E-state index contributed by atoms with van der Waals surface area (Å²) in [6.45, 7) is 5.92. The molecule has 1 unspecified atom stereocenters. The van der Waals surface area contributed by atoms with E-state index in [0.717, 1.165) is 65.0 Å². The summed E-state index contributed by atoms with van der Waals surface area (Å²) in [4.78, 5) is 30.6. The van der Waals surface area contributed by atoms with Gasteiger partial charge in [-0.3, -0.25) is 14.5 Å². The summed E-state index contributed by atoms with van der Waals surface area (Å²) in [5.74, 6) is 0.771. The van der Waals surface area contributed by atoms with Crippen LogP contribution in [0.2, 0.25) is 0 Å². The fourth-order valence-corrected chi connectivity index (χ4v) is 4.08. The summed E-state index contributed by atoms with van der Waals surface area (Å²) in [7, 11) is 3.59. The molecule has 3 fully saturated rings. The van der Waals surface area contributed by atoms with E-state index in [4.69, 9.17) is 0 Å². The molecule has 1 atom stereocenters. The van der Waals surface area contributed by atoms with Crippen LogP contribution in [-0.4, -0.2) is 86.4 Å². The van der Waals surface area contributed by atoms with Crippen molar-refractivity contribution >= 4 is 36.6 Å². The molecule has 0 radical (unpaired) electrons. The van der Waals surface area contributed by atoms with Crippen LogP contribution in [0.15, 0.2) is 0 Å². The minimum Gasteiger partial charge on any atom is -0.348 e. The number of nitrogens with one attached hydrogen (secondary N) is 1. The maximum absolute atomic E-state index is 12.8. The average molecular weight is 395 g/mol. The van der Waals surface area contributed by atoms with Gasteiger partial charge in [-0.1, -0.05) is 0 Å². The molecule has 2 saturated heterocycles. The van der Waals surface area contributed by atoms with E-state index >= 15 is 0 Å². The second kappa shape index (κ2) is 9.40. The molecule has 1 aliphatic carbocycles. The molecule has 0 aromatic carbocycles. The summed E-state index contributed by atoms with van der Waals surface area (Å²) < 4.78 is 0. The number of nitrogens with zero attached hydrogens (tertiary/aromatic N) is 3. The van der Waals surface area contributed by atoms with Gasteiger partial charge in [-0.25, -0.2) is 0 Å². The molecule has 3 aliphatic rings. The van der Waals surface area contributed by atoms with Gasteiger partial charge >= 0.3 is 0 Å². The van der Waals surface area contributed by atoms with Crippen LogP contribution in [0.25, 0.3) is 0 Å². The number of hydrogen-bond acceptors (Lipinski definition) is 4. The summed E-state index contributed by atoms with van der Waals surface area (Å²) in [5, 5.41) is 3.39. The van der Waals surface area contributed by atoms with E-state index in [0.29, 0.717) is 17.9 Å². The van der Waals surface area contributed by atoms with Crippen molar-refractivity contribution in [3.8, 4) is 0 Å². The van der Waals surface area contributed by atoms with Crippen LogP contribution >= 0.6 is 24.8 Å². The quantitative estimate of drug-likeness (QED) is 0.770. The van der Waals surface area contributed by atoms with Crippen molar-refractivity contribution in [1.82, 2.24) is 20.0 Å². The Morgan fingerprint density at radius 3 is 2.40 bits per heavy atom. The Kier molecular flexibility index (Phi) is 8.45. The van der Waals surface area contributed by atoms with Gasteiger partial charge in [0.05, 0.1) is 6.54 Å². The molecule has 0 aromatic rings. The molecular weight excluding hydrogens is 363 g/mol. The lowest BCUT2D eigenvalue weighted by Gasteiger charge is -2.26. The third-order valence-electron chi connectivity index (χ3n) is 5.85. The number of carbonyl (C=O) groups excluding carboxylic acids is 2. The average Bonchev–Trinajstić information content (AvgIpc) is 3.27. The molecule has 0 bridgehead atoms. The number of likely N-dealkylation sites (N-methyl/N-ethyl adjacent to an activating group) is 1. The van der Waals surface area contributed by atoms with Crippen molar-refractivity contribution in [2.45, 2.75) is 25.7 Å². The topological polar surface area (TPSA) is 55.9 Å². The Bertz CT molecular complexity index is 470. The fraction of sp³-hybridized carbons (Fsp3) is 0.882. The van der Waals surface area contributed by atoms with Gasteiger partial charge in [0.25, 0.3) is 0 Å². The minimum atomic E-state index is 0. The van der Waals surface area contributed by atoms with Gasteiger partial charge in [0.2, 0.25) is 11.8 Å². The standard InChI is InChI=1S/C17H30N4O2.2ClH/c1-19(2)15(22)13-20-8-3-9-21(11-10-20)16(23)14-12-17(14)4-6-18-7-5-17;;/h14,18H,3-13H2,1-2H3;2*1H. The van der Waals surface area contributed by atoms with Gasteiger partial charge in [0, 0.05) is 46.2 Å². The third kappa shape index (κ3) is 5.22. The van der Waals surface area contributed by atoms with Crippen LogP contribution in [0, 0.1) is 11.3 Å². The molecule has 2 aliphatic heterocycles. The molecule has 2 amide bonds. The van der Waals surface area contributed by atoms with Crippen molar-refractivity contribution < 1.29 is 9.59 Å². The molecular formula is C17H32Cl2N4O2. The molecule has 25 heavy (non-hydrogen) atoms. The van der Waals surface area contributed by atoms with E-state index in [9.17, 15) is 9.59 Å². The van der Waals surface area contributed by atoms with E-state index in [1.165, 1.54) is 0 Å². The summed E-state index contributed by atoms with van der Waals surface area (Å²) in [6, 6.07) is 0. The molecule has 0 aromatic heterocycles. The summed E-state index contributed by atoms with van der Waals surface area (Å²) in [5.41, 5.74) is 0.315. The predicted molar refractivity (Wildman–Crippen MR) is 103 cm³/mol. The van der Waals surface area contributed by atoms with E-state index < -0.39 is 0 Å². The minimum absolute atomic E-state index is 0. The third-order valence-corrected chi connectivity index (χ3v) is 5.85. The van der Waals surface area contributed by atoms with E-state index in [1.807, 2.05) is 0 Å². The SMILES string of the molecule is CN(C)C(=O)CN1CCCN(C(=O)C2CC23CCNCC3)CC1.Cl.Cl. The number of piperidine rings is 1. The smallest absolute Gasteiger partial charge is 0.236 e. The van der Waals surface area contributed by atoms with Crippen LogP contribution in [0.3, 0.4) is 0 Å². The van der Waals surface area contributed by atoms with Crippen molar-refractivity contribution in [2.24, 2.45) is 11.3 Å². The Balaban J connectivity index is 0.00000156. The Hall–Kier alpha value is -0.560. The summed E-state index contributed by atoms with van der Waals surface area (Å²) in [6.07, 6.45) is 4.36. The lowest BCUT2D eigenvalue weighted by molar-refractivity contribution is -0.133. The lowest BCUT2D eigenvalue weighted by atomic mass is 9.91. The second-order valence-electron chi connectivity index (χ2n) is 7.61. The molecule has 1 N–H and O–H groups in total. The molecule has 3 rings (SSSR count). The first kappa shape index (κ1) is 22.5. The largest absolute Gasteiger partial charge is 0.348 e. The van der Waals surface area contributed by atoms with Gasteiger partial charge < -0.3 is 15.1 Å². The van der Waals surface area contributed by atoms with Crippen molar-refractivity contribution in [2.75, 3.05) is 59.9 Å². The molecule has 8 heteroatoms. The Morgan fingerprint density at radius 2 is 1.76 bits per heavy atom. The van der Waals surface area contributed by atoms with Crippen LogP contribution in [-0.2, 0) is 9.59 Å². The highest BCUT2D eigenvalue weighted by atomic mass is 35.5. The van der Waals surface area contributed by atoms with E-state index in [1.54, 1.807) is 19.0 Å². The van der Waals surface area contributed by atoms with Crippen LogP contribution in [0.1, 0.15) is 25.7 Å². The highest BCUT2D eigenvalue weighted by molar-refractivity contribution is 5.85. The van der Waals surface area contributed by atoms with E-state index in [-0.39, 0.29) is 36.6 Å². The highest BCUT2D eigenvalue weighted by Gasteiger charge is 2.58. The van der Waals surface area contributed by atoms with Crippen molar-refractivity contribution in [3.63, 3.8) is 0 Å². The van der Waals surface area contributed by atoms with Crippen molar-refractivity contribution in [1.29, 1.82) is 0 Å². The van der Waals surface area contributed by atoms with Gasteiger partial charge in [-0.05, 0) is 44.2 Å². The van der Waals surface area contributed by atoms with Gasteiger partial charge in [-0.15, -0.1) is 24.8 Å². The molecule has 1 spiro atoms. The number of rotatable bonds is 3. The normalized spacial score (nSPS) is 25.4. The first-order valence-corrected chi connectivity index (χ1v) is 8.94. The first-order chi connectivity index (χ1) is 11.0. The number of hydrogen-bond donors (Lipinski definition) is 1. The Morgan fingerprint density at radius 1 is 1.08 bits per heavy atom. The maximum Gasteiger partial charge on any atom is 0.236 e. The van der Waals surface area contributed by atoms with Gasteiger partial charge in [0.1, 0.15) is 0 Å². The zero-order valence-corrected chi connectivity index (χ0v) is 17.0. The number of halogens is 2. The van der Waals surface area contributed by atoms with Crippen LogP contribution in [0.4, 0.5) is 0 Å². The molecule has 1 saturated carbocycles. The second-order valence-corrected chi connectivity index (χ2v) is 7.61. The Labute approximate surface area is 163 Å². The zero-order valence-electron chi connectivity index (χ0n) is 15.3. The lowest BCUT2D eigenvalue weighted by Crippen LogP contribution is -2.40. The maximum atomic E-state index is 12.8. The zero-order chi connectivity index (χ0) is 16.4. The van der Waals surface area contributed by atoms with E-state index in [2.05, 4.69) is 15.1 Å². The predicted octanol–water partition coefficient (Wildman–Crippen LogP) is 0.842. The molecule has 146 valence electrons. The van der Waals surface area contributed by atoms with Crippen LogP contribution < -0.4 is 5.32 Å². The fourth-order valence-electron chi connectivity index (χ4n) is 4.08. The molecule has 2 heterocycles. The van der Waals surface area contributed by atoms with Gasteiger partial charge in [-0.2, -0.15) is 0 Å². The van der Waals surface area contributed by atoms with Crippen LogP contribution in [0.5, 0.6) is 0 Å². The van der Waals surface area contributed by atoms with Gasteiger partial charge in [0.15, 0.2) is 0 Å².